The number of rotatable bonds is 3. The van der Waals surface area contributed by atoms with Gasteiger partial charge < -0.3 is 0 Å². The van der Waals surface area contributed by atoms with Gasteiger partial charge in [0.2, 0.25) is 0 Å². The van der Waals surface area contributed by atoms with E-state index in [9.17, 15) is 18.0 Å². The molecule has 0 aliphatic carbocycles. The molecule has 1 aromatic heterocycles. The predicted molar refractivity (Wildman–Crippen MR) is 70.7 cm³/mol. The molecule has 2 aromatic rings. The maximum atomic E-state index is 12.4. The third-order valence-corrected chi connectivity index (χ3v) is 2.54. The molecule has 0 saturated carbocycles. The monoisotopic (exact) mass is 293 g/mol. The number of alkyl halides is 3. The Morgan fingerprint density at radius 3 is 2.48 bits per heavy atom. The second kappa shape index (κ2) is 6.17. The zero-order valence-electron chi connectivity index (χ0n) is 10.6. The molecule has 0 bridgehead atoms. The largest absolute Gasteiger partial charge is 0.416 e. The minimum Gasteiger partial charge on any atom is -0.267 e. The van der Waals surface area contributed by atoms with Crippen molar-refractivity contribution in [3.8, 4) is 0 Å². The molecule has 0 atom stereocenters. The highest BCUT2D eigenvalue weighted by molar-refractivity contribution is 5.94. The van der Waals surface area contributed by atoms with Crippen molar-refractivity contribution in [2.75, 3.05) is 0 Å². The second-order valence-electron chi connectivity index (χ2n) is 4.06. The fourth-order valence-corrected chi connectivity index (χ4v) is 1.49. The Labute approximate surface area is 118 Å². The number of hydrogen-bond donors (Lipinski definition) is 1. The molecule has 1 amide bonds. The van der Waals surface area contributed by atoms with Gasteiger partial charge in [-0.3, -0.25) is 9.78 Å². The lowest BCUT2D eigenvalue weighted by molar-refractivity contribution is -0.137. The molecule has 0 unspecified atom stereocenters. The van der Waals surface area contributed by atoms with Crippen molar-refractivity contribution >= 4 is 12.1 Å². The number of carbonyl (C=O) groups excluding carboxylic acids is 1. The summed E-state index contributed by atoms with van der Waals surface area (Å²) >= 11 is 0. The smallest absolute Gasteiger partial charge is 0.267 e. The molecule has 1 heterocycles. The Balaban J connectivity index is 1.97. The van der Waals surface area contributed by atoms with Gasteiger partial charge in [0.25, 0.3) is 5.91 Å². The number of amides is 1. The highest BCUT2D eigenvalue weighted by Crippen LogP contribution is 2.28. The number of hydrazone groups is 1. The third kappa shape index (κ3) is 4.13. The van der Waals surface area contributed by atoms with Crippen molar-refractivity contribution < 1.29 is 18.0 Å². The van der Waals surface area contributed by atoms with Gasteiger partial charge in [0.05, 0.1) is 17.3 Å². The second-order valence-corrected chi connectivity index (χ2v) is 4.06. The molecule has 1 N–H and O–H groups in total. The highest BCUT2D eigenvalue weighted by atomic mass is 19.4. The van der Waals surface area contributed by atoms with E-state index in [1.807, 2.05) is 0 Å². The summed E-state index contributed by atoms with van der Waals surface area (Å²) in [5, 5.41) is 3.68. The van der Waals surface area contributed by atoms with E-state index in [0.29, 0.717) is 11.1 Å². The van der Waals surface area contributed by atoms with E-state index >= 15 is 0 Å². The van der Waals surface area contributed by atoms with Crippen LogP contribution in [0.2, 0.25) is 0 Å². The first kappa shape index (κ1) is 14.7. The molecule has 2 rings (SSSR count). The van der Waals surface area contributed by atoms with Crippen LogP contribution in [0.3, 0.4) is 0 Å². The SMILES string of the molecule is O=C(N/N=C\c1ccc(C(F)(F)F)cc1)c1cccnc1. The van der Waals surface area contributed by atoms with Gasteiger partial charge >= 0.3 is 6.18 Å². The average Bonchev–Trinajstić information content (AvgIpc) is 2.47. The van der Waals surface area contributed by atoms with Crippen molar-refractivity contribution in [1.82, 2.24) is 10.4 Å². The molecule has 4 nitrogen and oxygen atoms in total. The van der Waals surface area contributed by atoms with Crippen molar-refractivity contribution in [3.05, 3.63) is 65.5 Å². The summed E-state index contributed by atoms with van der Waals surface area (Å²) in [4.78, 5) is 15.4. The minimum atomic E-state index is -4.37. The molecule has 0 radical (unpaired) electrons. The van der Waals surface area contributed by atoms with Crippen LogP contribution in [0.1, 0.15) is 21.5 Å². The van der Waals surface area contributed by atoms with Crippen molar-refractivity contribution in [1.29, 1.82) is 0 Å². The van der Waals surface area contributed by atoms with E-state index in [1.165, 1.54) is 30.7 Å². The fourth-order valence-electron chi connectivity index (χ4n) is 1.49. The predicted octanol–water partition coefficient (Wildman–Crippen LogP) is 2.86. The zero-order valence-corrected chi connectivity index (χ0v) is 10.6. The highest BCUT2D eigenvalue weighted by Gasteiger charge is 2.29. The average molecular weight is 293 g/mol. The van der Waals surface area contributed by atoms with Gasteiger partial charge in [-0.1, -0.05) is 12.1 Å². The molecular weight excluding hydrogens is 283 g/mol. The van der Waals surface area contributed by atoms with E-state index in [0.717, 1.165) is 12.1 Å². The third-order valence-electron chi connectivity index (χ3n) is 2.54. The Kier molecular flexibility index (Phi) is 4.32. The molecule has 0 aliphatic rings. The van der Waals surface area contributed by atoms with E-state index in [-0.39, 0.29) is 0 Å². The topological polar surface area (TPSA) is 54.4 Å². The number of nitrogens with zero attached hydrogens (tertiary/aromatic N) is 2. The van der Waals surface area contributed by atoms with Gasteiger partial charge in [-0.15, -0.1) is 0 Å². The van der Waals surface area contributed by atoms with Crippen LogP contribution in [-0.2, 0) is 6.18 Å². The van der Waals surface area contributed by atoms with Gasteiger partial charge in [0, 0.05) is 12.4 Å². The van der Waals surface area contributed by atoms with Gasteiger partial charge in [-0.2, -0.15) is 18.3 Å². The van der Waals surface area contributed by atoms with Gasteiger partial charge in [-0.05, 0) is 29.8 Å². The Morgan fingerprint density at radius 2 is 1.90 bits per heavy atom. The van der Waals surface area contributed by atoms with Crippen LogP contribution in [0.15, 0.2) is 53.9 Å². The van der Waals surface area contributed by atoms with Crippen molar-refractivity contribution in [2.24, 2.45) is 5.10 Å². The molecule has 0 saturated heterocycles. The molecule has 1 aromatic carbocycles. The van der Waals surface area contributed by atoms with Gasteiger partial charge in [0.1, 0.15) is 0 Å². The number of carbonyl (C=O) groups is 1. The normalized spacial score (nSPS) is 11.6. The van der Waals surface area contributed by atoms with Crippen molar-refractivity contribution in [2.45, 2.75) is 6.18 Å². The Bertz CT molecular complexity index is 637. The van der Waals surface area contributed by atoms with Crippen LogP contribution in [0.5, 0.6) is 0 Å². The molecular formula is C14H10F3N3O. The summed E-state index contributed by atoms with van der Waals surface area (Å²) in [6, 6.07) is 7.60. The Morgan fingerprint density at radius 1 is 1.19 bits per heavy atom. The van der Waals surface area contributed by atoms with Crippen molar-refractivity contribution in [3.63, 3.8) is 0 Å². The lowest BCUT2D eigenvalue weighted by atomic mass is 10.1. The lowest BCUT2D eigenvalue weighted by Crippen LogP contribution is -2.17. The summed E-state index contributed by atoms with van der Waals surface area (Å²) in [5.74, 6) is -0.453. The molecule has 108 valence electrons. The number of hydrogen-bond acceptors (Lipinski definition) is 3. The van der Waals surface area contributed by atoms with Crippen LogP contribution in [0, 0.1) is 0 Å². The lowest BCUT2D eigenvalue weighted by Gasteiger charge is -2.05. The van der Waals surface area contributed by atoms with Gasteiger partial charge in [-0.25, -0.2) is 5.43 Å². The molecule has 0 spiro atoms. The summed E-state index contributed by atoms with van der Waals surface area (Å²) in [6.45, 7) is 0. The van der Waals surface area contributed by atoms with Crippen LogP contribution in [-0.4, -0.2) is 17.1 Å². The maximum absolute atomic E-state index is 12.4. The summed E-state index contributed by atoms with van der Waals surface area (Å²) in [7, 11) is 0. The maximum Gasteiger partial charge on any atom is 0.416 e. The quantitative estimate of drug-likeness (QED) is 0.699. The zero-order chi connectivity index (χ0) is 15.3. The van der Waals surface area contributed by atoms with Crippen LogP contribution >= 0.6 is 0 Å². The van der Waals surface area contributed by atoms with E-state index < -0.39 is 17.6 Å². The first-order chi connectivity index (χ1) is 9.97. The van der Waals surface area contributed by atoms with Crippen LogP contribution in [0.4, 0.5) is 13.2 Å². The molecule has 21 heavy (non-hydrogen) atoms. The first-order valence-electron chi connectivity index (χ1n) is 5.87. The minimum absolute atomic E-state index is 0.335. The first-order valence-corrected chi connectivity index (χ1v) is 5.87. The number of benzene rings is 1. The Hall–Kier alpha value is -2.70. The van der Waals surface area contributed by atoms with E-state index in [2.05, 4.69) is 15.5 Å². The van der Waals surface area contributed by atoms with Crippen LogP contribution < -0.4 is 5.43 Å². The van der Waals surface area contributed by atoms with E-state index in [1.54, 1.807) is 12.1 Å². The summed E-state index contributed by atoms with van der Waals surface area (Å²) in [5.41, 5.74) is 2.30. The molecule has 0 aliphatic heterocycles. The fraction of sp³-hybridized carbons (Fsp3) is 0.0714. The molecule has 0 fully saturated rings. The van der Waals surface area contributed by atoms with E-state index in [4.69, 9.17) is 0 Å². The molecule has 7 heteroatoms. The summed E-state index contributed by atoms with van der Waals surface area (Å²) < 4.78 is 37.1. The number of halogens is 3. The number of pyridine rings is 1. The van der Waals surface area contributed by atoms with Gasteiger partial charge in [0.15, 0.2) is 0 Å². The van der Waals surface area contributed by atoms with Crippen LogP contribution in [0.25, 0.3) is 0 Å². The number of aromatic nitrogens is 1. The summed E-state index contributed by atoms with van der Waals surface area (Å²) in [6.07, 6.45) is -0.205. The number of nitrogens with one attached hydrogen (secondary N) is 1. The standard InChI is InChI=1S/C14H10F3N3O/c15-14(16,17)12-5-3-10(4-6-12)8-19-20-13(21)11-2-1-7-18-9-11/h1-9H,(H,20,21)/b19-8-.